The SMILES string of the molecule is CN(C(=O)NCc1ccccc1)N1CC(=O)N2[C@@H](c3ccccc3)C(=O)N(Cc3cccc(Cl)c3N3CCOCC3)C[C@@H]21. The van der Waals surface area contributed by atoms with Crippen molar-refractivity contribution >= 4 is 35.1 Å². The number of anilines is 1. The molecular formula is C32H35ClN6O4. The van der Waals surface area contributed by atoms with E-state index in [0.29, 0.717) is 44.4 Å². The molecule has 224 valence electrons. The number of hydrogen-bond donors (Lipinski definition) is 1. The van der Waals surface area contributed by atoms with Gasteiger partial charge >= 0.3 is 6.03 Å². The van der Waals surface area contributed by atoms with Gasteiger partial charge in [0.05, 0.1) is 37.0 Å². The van der Waals surface area contributed by atoms with E-state index in [1.54, 1.807) is 21.9 Å². The quantitative estimate of drug-likeness (QED) is 0.446. The molecule has 4 amide bonds. The zero-order chi connectivity index (χ0) is 29.9. The third kappa shape index (κ3) is 5.90. The van der Waals surface area contributed by atoms with Crippen LogP contribution in [0.25, 0.3) is 0 Å². The van der Waals surface area contributed by atoms with E-state index in [9.17, 15) is 14.4 Å². The van der Waals surface area contributed by atoms with E-state index in [1.807, 2.05) is 78.9 Å². The van der Waals surface area contributed by atoms with Gasteiger partial charge in [-0.05, 0) is 22.8 Å². The number of piperazine rings is 1. The van der Waals surface area contributed by atoms with Crippen LogP contribution >= 0.6 is 11.6 Å². The van der Waals surface area contributed by atoms with E-state index in [1.165, 1.54) is 5.01 Å². The summed E-state index contributed by atoms with van der Waals surface area (Å²) in [5.41, 5.74) is 3.52. The standard InChI is InChI=1S/C32H35ClN6O4/c1-35(32(42)34-19-23-9-4-2-5-10-23)38-22-28(40)39-27(38)21-37(31(41)30(39)24-11-6-3-7-12-24)20-25-13-8-14-26(33)29(25)36-15-17-43-18-16-36/h2-14,27,30H,15-22H2,1H3,(H,34,42)/t27-,30+/m1/s1. The van der Waals surface area contributed by atoms with Crippen molar-refractivity contribution in [2.75, 3.05) is 51.3 Å². The smallest absolute Gasteiger partial charge is 0.332 e. The lowest BCUT2D eigenvalue weighted by molar-refractivity contribution is -0.157. The lowest BCUT2D eigenvalue weighted by atomic mass is 9.99. The highest BCUT2D eigenvalue weighted by Crippen LogP contribution is 2.38. The van der Waals surface area contributed by atoms with Crippen molar-refractivity contribution in [3.63, 3.8) is 0 Å². The van der Waals surface area contributed by atoms with E-state index < -0.39 is 12.2 Å². The van der Waals surface area contributed by atoms with E-state index in [2.05, 4.69) is 10.2 Å². The number of benzene rings is 3. The fourth-order valence-corrected chi connectivity index (χ4v) is 6.45. The number of carbonyl (C=O) groups excluding carboxylic acids is 3. The number of amides is 4. The third-order valence-corrected chi connectivity index (χ3v) is 8.60. The summed E-state index contributed by atoms with van der Waals surface area (Å²) >= 11 is 6.72. The molecule has 3 aromatic carbocycles. The van der Waals surface area contributed by atoms with Crippen molar-refractivity contribution in [3.8, 4) is 0 Å². The number of ether oxygens (including phenoxy) is 1. The largest absolute Gasteiger partial charge is 0.378 e. The molecule has 0 radical (unpaired) electrons. The number of halogens is 1. The molecule has 0 aliphatic carbocycles. The first-order chi connectivity index (χ1) is 20.9. The highest BCUT2D eigenvalue weighted by molar-refractivity contribution is 6.33. The van der Waals surface area contributed by atoms with Crippen LogP contribution in [-0.4, -0.2) is 90.3 Å². The summed E-state index contributed by atoms with van der Waals surface area (Å²) in [7, 11) is 1.66. The fourth-order valence-electron chi connectivity index (χ4n) is 6.14. The second-order valence-electron chi connectivity index (χ2n) is 10.9. The van der Waals surface area contributed by atoms with Crippen molar-refractivity contribution in [1.29, 1.82) is 0 Å². The monoisotopic (exact) mass is 602 g/mol. The predicted octanol–water partition coefficient (Wildman–Crippen LogP) is 3.49. The Bertz CT molecular complexity index is 1470. The van der Waals surface area contributed by atoms with Gasteiger partial charge in [-0.15, -0.1) is 0 Å². The number of rotatable bonds is 7. The lowest BCUT2D eigenvalue weighted by Gasteiger charge is -2.46. The van der Waals surface area contributed by atoms with Crippen LogP contribution in [0.15, 0.2) is 78.9 Å². The van der Waals surface area contributed by atoms with Crippen molar-refractivity contribution in [2.24, 2.45) is 0 Å². The summed E-state index contributed by atoms with van der Waals surface area (Å²) in [5, 5.41) is 6.77. The van der Waals surface area contributed by atoms with Crippen LogP contribution in [0.1, 0.15) is 22.7 Å². The topological polar surface area (TPSA) is 88.7 Å². The molecule has 3 saturated heterocycles. The Kier molecular flexibility index (Phi) is 8.51. The first kappa shape index (κ1) is 29.0. The lowest BCUT2D eigenvalue weighted by Crippen LogP contribution is -2.62. The van der Waals surface area contributed by atoms with Crippen molar-refractivity contribution in [2.45, 2.75) is 25.3 Å². The average molecular weight is 603 g/mol. The maximum Gasteiger partial charge on any atom is 0.332 e. The van der Waals surface area contributed by atoms with E-state index in [0.717, 1.165) is 22.4 Å². The molecule has 0 aromatic heterocycles. The molecule has 0 unspecified atom stereocenters. The number of para-hydroxylation sites is 1. The van der Waals surface area contributed by atoms with Crippen LogP contribution in [0.5, 0.6) is 0 Å². The fraction of sp³-hybridized carbons (Fsp3) is 0.344. The van der Waals surface area contributed by atoms with Crippen molar-refractivity contribution in [1.82, 2.24) is 25.1 Å². The molecule has 43 heavy (non-hydrogen) atoms. The van der Waals surface area contributed by atoms with E-state index >= 15 is 0 Å². The van der Waals surface area contributed by atoms with Gasteiger partial charge in [0.2, 0.25) is 5.91 Å². The van der Waals surface area contributed by atoms with Gasteiger partial charge < -0.3 is 24.8 Å². The molecule has 0 bridgehead atoms. The van der Waals surface area contributed by atoms with Gasteiger partial charge in [-0.2, -0.15) is 5.01 Å². The third-order valence-electron chi connectivity index (χ3n) is 8.30. The van der Waals surface area contributed by atoms with Gasteiger partial charge in [-0.1, -0.05) is 84.4 Å². The number of hydrazine groups is 1. The molecule has 10 nitrogen and oxygen atoms in total. The molecule has 0 saturated carbocycles. The highest BCUT2D eigenvalue weighted by Gasteiger charge is 2.52. The summed E-state index contributed by atoms with van der Waals surface area (Å²) < 4.78 is 5.55. The molecular weight excluding hydrogens is 568 g/mol. The zero-order valence-corrected chi connectivity index (χ0v) is 24.8. The van der Waals surface area contributed by atoms with Crippen molar-refractivity contribution < 1.29 is 19.1 Å². The predicted molar refractivity (Wildman–Crippen MR) is 163 cm³/mol. The summed E-state index contributed by atoms with van der Waals surface area (Å²) in [5.74, 6) is -0.368. The summed E-state index contributed by atoms with van der Waals surface area (Å²) in [6.45, 7) is 3.52. The molecule has 3 fully saturated rings. The van der Waals surface area contributed by atoms with Gasteiger partial charge in [-0.3, -0.25) is 14.6 Å². The minimum absolute atomic E-state index is 0.0133. The Morgan fingerprint density at radius 3 is 2.40 bits per heavy atom. The average Bonchev–Trinajstić information content (AvgIpc) is 3.36. The maximum atomic E-state index is 14.2. The van der Waals surface area contributed by atoms with Crippen LogP contribution in [0.3, 0.4) is 0 Å². The Balaban J connectivity index is 1.29. The molecule has 3 heterocycles. The van der Waals surface area contributed by atoms with Gasteiger partial charge in [0.25, 0.3) is 5.91 Å². The number of urea groups is 1. The second-order valence-corrected chi connectivity index (χ2v) is 11.3. The molecule has 1 N–H and O–H groups in total. The van der Waals surface area contributed by atoms with E-state index in [4.69, 9.17) is 16.3 Å². The number of nitrogens with zero attached hydrogens (tertiary/aromatic N) is 5. The number of morpholine rings is 1. The number of hydrogen-bond acceptors (Lipinski definition) is 6. The molecule has 0 spiro atoms. The van der Waals surface area contributed by atoms with Crippen LogP contribution in [0.4, 0.5) is 10.5 Å². The maximum absolute atomic E-state index is 14.2. The highest BCUT2D eigenvalue weighted by atomic mass is 35.5. The summed E-state index contributed by atoms with van der Waals surface area (Å²) in [6.07, 6.45) is -0.533. The molecule has 11 heteroatoms. The Labute approximate surface area is 256 Å². The Hall–Kier alpha value is -4.12. The Morgan fingerprint density at radius 1 is 0.977 bits per heavy atom. The van der Waals surface area contributed by atoms with Gasteiger partial charge in [0, 0.05) is 33.2 Å². The molecule has 3 aliphatic heterocycles. The Morgan fingerprint density at radius 2 is 1.67 bits per heavy atom. The van der Waals surface area contributed by atoms with Crippen LogP contribution in [-0.2, 0) is 27.4 Å². The van der Waals surface area contributed by atoms with Crippen LogP contribution in [0.2, 0.25) is 5.02 Å². The van der Waals surface area contributed by atoms with Gasteiger partial charge in [0.15, 0.2) is 0 Å². The van der Waals surface area contributed by atoms with Crippen LogP contribution in [0, 0.1) is 0 Å². The molecule has 3 aliphatic rings. The molecule has 6 rings (SSSR count). The van der Waals surface area contributed by atoms with E-state index in [-0.39, 0.29) is 30.9 Å². The number of carbonyl (C=O) groups is 3. The number of fused-ring (bicyclic) bond motifs is 1. The van der Waals surface area contributed by atoms with Crippen LogP contribution < -0.4 is 10.2 Å². The summed E-state index contributed by atoms with van der Waals surface area (Å²) in [6, 6.07) is 23.6. The summed E-state index contributed by atoms with van der Waals surface area (Å²) in [4.78, 5) is 46.6. The number of nitrogens with one attached hydrogen (secondary N) is 1. The van der Waals surface area contributed by atoms with Gasteiger partial charge in [-0.25, -0.2) is 4.79 Å². The van der Waals surface area contributed by atoms with Crippen molar-refractivity contribution in [3.05, 3.63) is 101 Å². The normalized spacial score (nSPS) is 20.7. The minimum Gasteiger partial charge on any atom is -0.378 e. The first-order valence-electron chi connectivity index (χ1n) is 14.5. The molecule has 3 aromatic rings. The molecule has 2 atom stereocenters. The van der Waals surface area contributed by atoms with Gasteiger partial charge in [0.1, 0.15) is 12.2 Å². The first-order valence-corrected chi connectivity index (χ1v) is 14.9. The minimum atomic E-state index is -0.816. The second kappa shape index (κ2) is 12.6. The zero-order valence-electron chi connectivity index (χ0n) is 24.1.